The summed E-state index contributed by atoms with van der Waals surface area (Å²) < 4.78 is 44.7. The minimum Gasteiger partial charge on any atom is -0.492 e. The number of hydrogen-bond donors (Lipinski definition) is 1. The molecule has 8 heteroatoms. The third-order valence-corrected chi connectivity index (χ3v) is 3.80. The van der Waals surface area contributed by atoms with Crippen LogP contribution in [0.15, 0.2) is 24.5 Å². The fourth-order valence-electron chi connectivity index (χ4n) is 2.63. The van der Waals surface area contributed by atoms with E-state index in [1.807, 2.05) is 0 Å². The fraction of sp³-hybridized carbons (Fsp3) is 0.467. The van der Waals surface area contributed by atoms with E-state index in [0.717, 1.165) is 25.2 Å². The molecule has 1 N–H and O–H groups in total. The van der Waals surface area contributed by atoms with Gasteiger partial charge in [0, 0.05) is 12.1 Å². The first-order chi connectivity index (χ1) is 11.0. The van der Waals surface area contributed by atoms with Gasteiger partial charge in [-0.05, 0) is 44.1 Å². The summed E-state index contributed by atoms with van der Waals surface area (Å²) in [5.41, 5.74) is -0.462. The largest absolute Gasteiger partial charge is 0.492 e. The van der Waals surface area contributed by atoms with E-state index in [2.05, 4.69) is 20.1 Å². The van der Waals surface area contributed by atoms with Crippen molar-refractivity contribution in [2.24, 2.45) is 0 Å². The summed E-state index contributed by atoms with van der Waals surface area (Å²) in [6, 6.07) is 3.59. The summed E-state index contributed by atoms with van der Waals surface area (Å²) in [5.74, 6) is 0.464. The van der Waals surface area contributed by atoms with Gasteiger partial charge >= 0.3 is 6.18 Å². The van der Waals surface area contributed by atoms with Gasteiger partial charge in [-0.2, -0.15) is 13.2 Å². The lowest BCUT2D eigenvalue weighted by Crippen LogP contribution is -2.25. The van der Waals surface area contributed by atoms with Gasteiger partial charge < -0.3 is 9.72 Å². The Morgan fingerprint density at radius 2 is 1.96 bits per heavy atom. The van der Waals surface area contributed by atoms with E-state index >= 15 is 0 Å². The van der Waals surface area contributed by atoms with Gasteiger partial charge in [0.05, 0.1) is 5.56 Å². The Hall–Kier alpha value is -2.09. The molecule has 3 rings (SSSR count). The fourth-order valence-corrected chi connectivity index (χ4v) is 2.63. The van der Waals surface area contributed by atoms with Gasteiger partial charge in [-0.15, -0.1) is 10.2 Å². The van der Waals surface area contributed by atoms with Crippen molar-refractivity contribution in [1.82, 2.24) is 20.1 Å². The topological polar surface area (TPSA) is 54.0 Å². The minimum atomic E-state index is -4.44. The van der Waals surface area contributed by atoms with Crippen LogP contribution in [0.25, 0.3) is 11.4 Å². The molecular weight excluding hydrogens is 309 g/mol. The van der Waals surface area contributed by atoms with Gasteiger partial charge in [-0.25, -0.2) is 0 Å². The summed E-state index contributed by atoms with van der Waals surface area (Å²) in [4.78, 5) is 4.95. The third-order valence-electron chi connectivity index (χ3n) is 3.80. The molecule has 0 atom stereocenters. The maximum Gasteiger partial charge on any atom is 0.416 e. The molecule has 0 saturated carbocycles. The van der Waals surface area contributed by atoms with Crippen molar-refractivity contribution in [2.75, 3.05) is 26.2 Å². The molecule has 0 spiro atoms. The Morgan fingerprint density at radius 1 is 1.17 bits per heavy atom. The average Bonchev–Trinajstić information content (AvgIpc) is 3.20. The number of ether oxygens (including phenoxy) is 1. The van der Waals surface area contributed by atoms with Crippen LogP contribution in [0.5, 0.6) is 5.75 Å². The number of alkyl halides is 3. The van der Waals surface area contributed by atoms with Gasteiger partial charge in [0.25, 0.3) is 0 Å². The molecule has 1 aliphatic heterocycles. The highest BCUT2D eigenvalue weighted by Gasteiger charge is 2.31. The number of halogens is 3. The quantitative estimate of drug-likeness (QED) is 0.918. The van der Waals surface area contributed by atoms with Crippen LogP contribution in [-0.4, -0.2) is 46.3 Å². The zero-order chi connectivity index (χ0) is 16.3. The van der Waals surface area contributed by atoms with E-state index in [0.29, 0.717) is 18.7 Å². The average molecular weight is 326 g/mol. The highest BCUT2D eigenvalue weighted by Crippen LogP contribution is 2.34. The molecule has 0 unspecified atom stereocenters. The van der Waals surface area contributed by atoms with Crippen molar-refractivity contribution in [3.8, 4) is 17.1 Å². The van der Waals surface area contributed by atoms with Crippen LogP contribution in [0.1, 0.15) is 18.4 Å². The monoisotopic (exact) mass is 326 g/mol. The van der Waals surface area contributed by atoms with Crippen LogP contribution in [-0.2, 0) is 6.18 Å². The Kier molecular flexibility index (Phi) is 4.51. The summed E-state index contributed by atoms with van der Waals surface area (Å²) in [6.07, 6.45) is -0.787. The number of nitrogens with one attached hydrogen (secondary N) is 1. The molecular formula is C15H17F3N4O. The van der Waals surface area contributed by atoms with E-state index in [1.165, 1.54) is 19.2 Å². The number of benzene rings is 1. The lowest BCUT2D eigenvalue weighted by atomic mass is 10.1. The van der Waals surface area contributed by atoms with Crippen molar-refractivity contribution in [2.45, 2.75) is 19.0 Å². The number of likely N-dealkylation sites (tertiary alicyclic amines) is 1. The van der Waals surface area contributed by atoms with Crippen molar-refractivity contribution in [3.05, 3.63) is 30.1 Å². The first kappa shape index (κ1) is 15.8. The molecule has 1 aliphatic rings. The van der Waals surface area contributed by atoms with Crippen LogP contribution >= 0.6 is 0 Å². The first-order valence-electron chi connectivity index (χ1n) is 7.46. The Labute approximate surface area is 131 Å². The van der Waals surface area contributed by atoms with Gasteiger partial charge in [0.2, 0.25) is 0 Å². The second kappa shape index (κ2) is 6.57. The molecule has 2 aromatic rings. The molecule has 0 amide bonds. The van der Waals surface area contributed by atoms with E-state index < -0.39 is 11.7 Å². The van der Waals surface area contributed by atoms with E-state index in [1.54, 1.807) is 6.07 Å². The van der Waals surface area contributed by atoms with Crippen molar-refractivity contribution < 1.29 is 17.9 Å². The SMILES string of the molecule is FC(F)(F)c1cc(OCCN2CCCC2)cc(-c2nnc[nH]2)c1. The highest BCUT2D eigenvalue weighted by atomic mass is 19.4. The summed E-state index contributed by atoms with van der Waals surface area (Å²) in [5, 5.41) is 7.36. The summed E-state index contributed by atoms with van der Waals surface area (Å²) >= 11 is 0. The molecule has 1 aromatic heterocycles. The lowest BCUT2D eigenvalue weighted by molar-refractivity contribution is -0.137. The molecule has 0 radical (unpaired) electrons. The smallest absolute Gasteiger partial charge is 0.416 e. The van der Waals surface area contributed by atoms with Crippen LogP contribution < -0.4 is 4.74 Å². The van der Waals surface area contributed by atoms with Crippen molar-refractivity contribution in [3.63, 3.8) is 0 Å². The second-order valence-electron chi connectivity index (χ2n) is 5.48. The standard InChI is InChI=1S/C15H17F3N4O/c16-15(17,18)12-7-11(14-19-10-20-21-14)8-13(9-12)23-6-5-22-3-1-2-4-22/h7-10H,1-6H2,(H,19,20,21). The molecule has 1 fully saturated rings. The number of rotatable bonds is 5. The van der Waals surface area contributed by atoms with Gasteiger partial charge in [-0.3, -0.25) is 4.90 Å². The third kappa shape index (κ3) is 4.01. The summed E-state index contributed by atoms with van der Waals surface area (Å²) in [7, 11) is 0. The highest BCUT2D eigenvalue weighted by molar-refractivity contribution is 5.59. The molecule has 0 aliphatic carbocycles. The number of H-pyrrole nitrogens is 1. The van der Waals surface area contributed by atoms with Crippen LogP contribution in [0.2, 0.25) is 0 Å². The maximum atomic E-state index is 13.0. The number of aromatic amines is 1. The van der Waals surface area contributed by atoms with Gasteiger partial charge in [-0.1, -0.05) is 0 Å². The molecule has 0 bridgehead atoms. The zero-order valence-electron chi connectivity index (χ0n) is 12.4. The van der Waals surface area contributed by atoms with Crippen LogP contribution in [0.4, 0.5) is 13.2 Å². The molecule has 1 saturated heterocycles. The molecule has 23 heavy (non-hydrogen) atoms. The molecule has 2 heterocycles. The molecule has 5 nitrogen and oxygen atoms in total. The summed E-state index contributed by atoms with van der Waals surface area (Å²) in [6.45, 7) is 3.12. The predicted molar refractivity (Wildman–Crippen MR) is 78.0 cm³/mol. The number of aromatic nitrogens is 3. The van der Waals surface area contributed by atoms with E-state index in [4.69, 9.17) is 4.74 Å². The lowest BCUT2D eigenvalue weighted by Gasteiger charge is -2.16. The maximum absolute atomic E-state index is 13.0. The van der Waals surface area contributed by atoms with Gasteiger partial charge in [0.1, 0.15) is 18.7 Å². The Bertz CT molecular complexity index is 637. The van der Waals surface area contributed by atoms with E-state index in [-0.39, 0.29) is 11.6 Å². The Morgan fingerprint density at radius 3 is 2.61 bits per heavy atom. The van der Waals surface area contributed by atoms with Gasteiger partial charge in [0.15, 0.2) is 5.82 Å². The van der Waals surface area contributed by atoms with Crippen LogP contribution in [0, 0.1) is 0 Å². The first-order valence-corrected chi connectivity index (χ1v) is 7.46. The van der Waals surface area contributed by atoms with Crippen LogP contribution in [0.3, 0.4) is 0 Å². The molecule has 124 valence electrons. The van der Waals surface area contributed by atoms with Crippen molar-refractivity contribution in [1.29, 1.82) is 0 Å². The predicted octanol–water partition coefficient (Wildman–Crippen LogP) is 2.97. The van der Waals surface area contributed by atoms with E-state index in [9.17, 15) is 13.2 Å². The van der Waals surface area contributed by atoms with Crippen molar-refractivity contribution >= 4 is 0 Å². The zero-order valence-corrected chi connectivity index (χ0v) is 12.4. The number of hydrogen-bond acceptors (Lipinski definition) is 4. The normalized spacial score (nSPS) is 16.0. The molecule has 1 aromatic carbocycles. The number of nitrogens with zero attached hydrogens (tertiary/aromatic N) is 3. The second-order valence-corrected chi connectivity index (χ2v) is 5.48. The Balaban J connectivity index is 1.76. The minimum absolute atomic E-state index is 0.186.